The Morgan fingerprint density at radius 3 is 2.21 bits per heavy atom. The van der Waals surface area contributed by atoms with Gasteiger partial charge in [0.2, 0.25) is 0 Å². The number of fused-ring (bicyclic) bond motifs is 6. The lowest BCUT2D eigenvalue weighted by Crippen LogP contribution is -2.22. The zero-order valence-corrected chi connectivity index (χ0v) is 21.3. The van der Waals surface area contributed by atoms with Crippen molar-refractivity contribution in [1.29, 1.82) is 0 Å². The quantitative estimate of drug-likeness (QED) is 0.242. The van der Waals surface area contributed by atoms with Gasteiger partial charge in [-0.1, -0.05) is 60.7 Å². The van der Waals surface area contributed by atoms with Gasteiger partial charge in [-0.15, -0.1) is 0 Å². The van der Waals surface area contributed by atoms with E-state index in [1.165, 1.54) is 0 Å². The highest BCUT2D eigenvalue weighted by molar-refractivity contribution is 6.06. The number of ether oxygens (including phenoxy) is 1. The van der Waals surface area contributed by atoms with E-state index in [9.17, 15) is 0 Å². The van der Waals surface area contributed by atoms with Gasteiger partial charge >= 0.3 is 0 Å². The summed E-state index contributed by atoms with van der Waals surface area (Å²) in [4.78, 5) is 14.9. The van der Waals surface area contributed by atoms with Gasteiger partial charge < -0.3 is 9.15 Å². The Kier molecular flexibility index (Phi) is 4.65. The predicted octanol–water partition coefficient (Wildman–Crippen LogP) is 8.27. The van der Waals surface area contributed by atoms with E-state index in [-0.39, 0.29) is 5.41 Å². The van der Waals surface area contributed by atoms with Gasteiger partial charge in [-0.2, -0.15) is 0 Å². The number of allylic oxidation sites excluding steroid dienone is 4. The fraction of sp³-hybridized carbons (Fsp3) is 0.0882. The standard InChI is InChI=1S/C34H23N3O2/c1-34-18-8-7-13-30(34)39-29-17-15-23(20-26(29)34)33-36-31(21-9-3-2-4-10-21)35-32(37-33)22-14-16-28-25(19-22)24-11-5-6-12-27(24)38-28/h2-17,19-20H,18H2,1H3. The highest BCUT2D eigenvalue weighted by Crippen LogP contribution is 2.50. The van der Waals surface area contributed by atoms with Crippen molar-refractivity contribution >= 4 is 21.9 Å². The van der Waals surface area contributed by atoms with Crippen LogP contribution in [-0.4, -0.2) is 15.0 Å². The topological polar surface area (TPSA) is 61.0 Å². The maximum atomic E-state index is 6.21. The van der Waals surface area contributed by atoms with Gasteiger partial charge in [-0.05, 0) is 61.9 Å². The van der Waals surface area contributed by atoms with Crippen LogP contribution in [0.3, 0.4) is 0 Å². The fourth-order valence-electron chi connectivity index (χ4n) is 5.66. The van der Waals surface area contributed by atoms with Crippen LogP contribution >= 0.6 is 0 Å². The lowest BCUT2D eigenvalue weighted by molar-refractivity contribution is 0.377. The first-order chi connectivity index (χ1) is 19.2. The second-order valence-electron chi connectivity index (χ2n) is 10.3. The van der Waals surface area contributed by atoms with Crippen molar-refractivity contribution in [2.45, 2.75) is 18.8 Å². The van der Waals surface area contributed by atoms with Crippen LogP contribution in [0.4, 0.5) is 0 Å². The van der Waals surface area contributed by atoms with Crippen molar-refractivity contribution in [3.8, 4) is 39.9 Å². The molecule has 0 radical (unpaired) electrons. The average Bonchev–Trinajstić information content (AvgIpc) is 3.51. The van der Waals surface area contributed by atoms with Crippen molar-refractivity contribution < 1.29 is 9.15 Å². The summed E-state index contributed by atoms with van der Waals surface area (Å²) in [6, 6.07) is 30.5. The van der Waals surface area contributed by atoms with E-state index in [1.807, 2.05) is 72.8 Å². The van der Waals surface area contributed by atoms with Crippen molar-refractivity contribution in [2.75, 3.05) is 0 Å². The van der Waals surface area contributed by atoms with Gasteiger partial charge in [0.15, 0.2) is 17.5 Å². The van der Waals surface area contributed by atoms with Crippen LogP contribution in [0.15, 0.2) is 119 Å². The Hall–Kier alpha value is -5.03. The maximum absolute atomic E-state index is 6.21. The summed E-state index contributed by atoms with van der Waals surface area (Å²) < 4.78 is 12.3. The molecule has 4 aromatic carbocycles. The molecule has 5 heteroatoms. The molecule has 1 unspecified atom stereocenters. The van der Waals surface area contributed by atoms with E-state index in [0.29, 0.717) is 17.5 Å². The molecule has 3 heterocycles. The van der Waals surface area contributed by atoms with Gasteiger partial charge in [0.25, 0.3) is 0 Å². The molecule has 2 aromatic heterocycles. The first kappa shape index (κ1) is 22.0. The molecule has 0 N–H and O–H groups in total. The first-order valence-corrected chi connectivity index (χ1v) is 13.1. The number of para-hydroxylation sites is 1. The summed E-state index contributed by atoms with van der Waals surface area (Å²) in [5.41, 5.74) is 5.46. The maximum Gasteiger partial charge on any atom is 0.164 e. The number of hydrogen-bond donors (Lipinski definition) is 0. The summed E-state index contributed by atoms with van der Waals surface area (Å²) in [6.07, 6.45) is 7.21. The summed E-state index contributed by atoms with van der Waals surface area (Å²) in [7, 11) is 0. The Balaban J connectivity index is 1.31. The molecule has 1 aliphatic heterocycles. The molecule has 0 saturated heterocycles. The van der Waals surface area contributed by atoms with Gasteiger partial charge in [-0.3, -0.25) is 0 Å². The van der Waals surface area contributed by atoms with E-state index < -0.39 is 0 Å². The molecular weight excluding hydrogens is 482 g/mol. The monoisotopic (exact) mass is 505 g/mol. The summed E-state index contributed by atoms with van der Waals surface area (Å²) in [5, 5.41) is 2.11. The number of hydrogen-bond acceptors (Lipinski definition) is 5. The average molecular weight is 506 g/mol. The molecule has 0 bridgehead atoms. The van der Waals surface area contributed by atoms with E-state index in [2.05, 4.69) is 43.4 Å². The van der Waals surface area contributed by atoms with Crippen LogP contribution < -0.4 is 4.74 Å². The van der Waals surface area contributed by atoms with Gasteiger partial charge in [0.05, 0.1) is 5.41 Å². The van der Waals surface area contributed by atoms with Crippen LogP contribution in [0, 0.1) is 0 Å². The molecule has 0 saturated carbocycles. The zero-order chi connectivity index (χ0) is 26.0. The smallest absolute Gasteiger partial charge is 0.164 e. The normalized spacial score (nSPS) is 17.6. The SMILES string of the molecule is CC12CC=CC=C1Oc1ccc(-c3nc(-c4ccccc4)nc(-c4ccc5oc6ccccc6c5c4)n3)cc12. The molecule has 1 atom stereocenters. The molecular formula is C34H23N3O2. The van der Waals surface area contributed by atoms with Crippen LogP contribution in [0.5, 0.6) is 5.75 Å². The van der Waals surface area contributed by atoms with Crippen molar-refractivity contribution in [1.82, 2.24) is 15.0 Å². The molecule has 6 aromatic rings. The minimum Gasteiger partial charge on any atom is -0.460 e. The second-order valence-corrected chi connectivity index (χ2v) is 10.3. The lowest BCUT2D eigenvalue weighted by atomic mass is 9.76. The molecule has 1 aliphatic carbocycles. The number of aromatic nitrogens is 3. The first-order valence-electron chi connectivity index (χ1n) is 13.1. The molecule has 39 heavy (non-hydrogen) atoms. The third-order valence-corrected chi connectivity index (χ3v) is 7.81. The van der Waals surface area contributed by atoms with Gasteiger partial charge in [0, 0.05) is 33.0 Å². The third-order valence-electron chi connectivity index (χ3n) is 7.81. The fourth-order valence-corrected chi connectivity index (χ4v) is 5.66. The van der Waals surface area contributed by atoms with E-state index in [4.69, 9.17) is 24.1 Å². The number of rotatable bonds is 3. The molecule has 0 spiro atoms. The highest BCUT2D eigenvalue weighted by atomic mass is 16.5. The largest absolute Gasteiger partial charge is 0.460 e. The Morgan fingerprint density at radius 1 is 0.667 bits per heavy atom. The Labute approximate surface area is 225 Å². The zero-order valence-electron chi connectivity index (χ0n) is 21.3. The van der Waals surface area contributed by atoms with Crippen LogP contribution in [0.2, 0.25) is 0 Å². The van der Waals surface area contributed by atoms with Crippen molar-refractivity contribution in [3.63, 3.8) is 0 Å². The van der Waals surface area contributed by atoms with Crippen LogP contribution in [-0.2, 0) is 5.41 Å². The van der Waals surface area contributed by atoms with Gasteiger partial charge in [0.1, 0.15) is 22.7 Å². The van der Waals surface area contributed by atoms with Crippen molar-refractivity contribution in [3.05, 3.63) is 121 Å². The van der Waals surface area contributed by atoms with Crippen LogP contribution in [0.1, 0.15) is 18.9 Å². The minimum absolute atomic E-state index is 0.189. The molecule has 5 nitrogen and oxygen atoms in total. The summed E-state index contributed by atoms with van der Waals surface area (Å²) >= 11 is 0. The van der Waals surface area contributed by atoms with E-state index in [1.54, 1.807) is 0 Å². The lowest BCUT2D eigenvalue weighted by Gasteiger charge is -2.25. The van der Waals surface area contributed by atoms with Crippen LogP contribution in [0.25, 0.3) is 56.1 Å². The number of furan rings is 1. The second kappa shape index (κ2) is 8.23. The highest BCUT2D eigenvalue weighted by Gasteiger charge is 2.41. The molecule has 2 aliphatic rings. The third kappa shape index (κ3) is 3.43. The molecule has 0 amide bonds. The summed E-state index contributed by atoms with van der Waals surface area (Å²) in [5.74, 6) is 3.77. The Morgan fingerprint density at radius 2 is 1.36 bits per heavy atom. The van der Waals surface area contributed by atoms with Crippen molar-refractivity contribution in [2.24, 2.45) is 0 Å². The minimum atomic E-state index is -0.189. The molecule has 8 rings (SSSR count). The van der Waals surface area contributed by atoms with E-state index >= 15 is 0 Å². The molecule has 186 valence electrons. The number of benzene rings is 4. The summed E-state index contributed by atoms with van der Waals surface area (Å²) in [6.45, 7) is 2.23. The molecule has 0 fully saturated rings. The number of nitrogens with zero attached hydrogens (tertiary/aromatic N) is 3. The predicted molar refractivity (Wildman–Crippen MR) is 153 cm³/mol. The Bertz CT molecular complexity index is 1990. The van der Waals surface area contributed by atoms with E-state index in [0.717, 1.165) is 62.1 Å². The van der Waals surface area contributed by atoms with Gasteiger partial charge in [-0.25, -0.2) is 15.0 Å².